The van der Waals surface area contributed by atoms with Crippen LogP contribution in [0.25, 0.3) is 23.1 Å². The Hall–Kier alpha value is -2.20. The van der Waals surface area contributed by atoms with Gasteiger partial charge in [-0.25, -0.2) is 0 Å². The Balaban J connectivity index is 2.05. The number of hydrogen-bond donors (Lipinski definition) is 0. The van der Waals surface area contributed by atoms with Crippen molar-refractivity contribution < 1.29 is 4.42 Å². The standard InChI is InChI=1S/C15H11NO2S/c1-10-8-9-19-13(10)6-7-14-16-15(17)11-4-2-3-5-12(11)18-14/h2-9H,1H3/b7-6+. The Morgan fingerprint density at radius 2 is 2.05 bits per heavy atom. The van der Waals surface area contributed by atoms with Gasteiger partial charge in [-0.05, 0) is 42.1 Å². The summed E-state index contributed by atoms with van der Waals surface area (Å²) in [6.45, 7) is 2.04. The molecule has 3 aromatic rings. The number of rotatable bonds is 2. The lowest BCUT2D eigenvalue weighted by molar-refractivity contribution is 0.563. The third kappa shape index (κ3) is 2.35. The normalized spacial score (nSPS) is 11.4. The molecule has 0 atom stereocenters. The third-order valence-corrected chi connectivity index (χ3v) is 3.81. The molecule has 0 bridgehead atoms. The van der Waals surface area contributed by atoms with E-state index in [0.717, 1.165) is 4.88 Å². The summed E-state index contributed by atoms with van der Waals surface area (Å²) in [6, 6.07) is 9.17. The summed E-state index contributed by atoms with van der Waals surface area (Å²) >= 11 is 1.64. The molecule has 0 fully saturated rings. The van der Waals surface area contributed by atoms with Crippen molar-refractivity contribution >= 4 is 34.5 Å². The van der Waals surface area contributed by atoms with Crippen LogP contribution in [0.5, 0.6) is 0 Å². The highest BCUT2D eigenvalue weighted by Gasteiger charge is 2.03. The average Bonchev–Trinajstić information content (AvgIpc) is 2.82. The largest absolute Gasteiger partial charge is 0.438 e. The summed E-state index contributed by atoms with van der Waals surface area (Å²) < 4.78 is 5.59. The van der Waals surface area contributed by atoms with Gasteiger partial charge in [0.1, 0.15) is 5.58 Å². The zero-order valence-corrected chi connectivity index (χ0v) is 11.1. The molecular formula is C15H11NO2S. The quantitative estimate of drug-likeness (QED) is 0.712. The van der Waals surface area contributed by atoms with E-state index in [4.69, 9.17) is 4.42 Å². The topological polar surface area (TPSA) is 43.1 Å². The number of para-hydroxylation sites is 1. The second-order valence-electron chi connectivity index (χ2n) is 4.15. The number of benzene rings is 1. The SMILES string of the molecule is Cc1ccsc1/C=C/c1nc(=O)c2ccccc2o1. The lowest BCUT2D eigenvalue weighted by Gasteiger charge is -1.97. The van der Waals surface area contributed by atoms with Crippen LogP contribution < -0.4 is 5.56 Å². The molecule has 0 N–H and O–H groups in total. The molecule has 2 heterocycles. The molecule has 4 heteroatoms. The van der Waals surface area contributed by atoms with E-state index in [2.05, 4.69) is 4.98 Å². The maximum atomic E-state index is 11.8. The predicted molar refractivity (Wildman–Crippen MR) is 78.3 cm³/mol. The van der Waals surface area contributed by atoms with Crippen molar-refractivity contribution in [2.75, 3.05) is 0 Å². The summed E-state index contributed by atoms with van der Waals surface area (Å²) in [5.74, 6) is 0.330. The minimum Gasteiger partial charge on any atom is -0.438 e. The zero-order chi connectivity index (χ0) is 13.2. The average molecular weight is 269 g/mol. The highest BCUT2D eigenvalue weighted by atomic mass is 32.1. The van der Waals surface area contributed by atoms with Gasteiger partial charge in [0, 0.05) is 11.0 Å². The van der Waals surface area contributed by atoms with Gasteiger partial charge in [-0.2, -0.15) is 4.98 Å². The molecule has 0 aliphatic heterocycles. The van der Waals surface area contributed by atoms with E-state index in [1.54, 1.807) is 35.6 Å². The third-order valence-electron chi connectivity index (χ3n) is 2.82. The highest BCUT2D eigenvalue weighted by Crippen LogP contribution is 2.19. The van der Waals surface area contributed by atoms with Crippen LogP contribution in [-0.4, -0.2) is 4.98 Å². The zero-order valence-electron chi connectivity index (χ0n) is 10.3. The molecule has 0 amide bonds. The van der Waals surface area contributed by atoms with Crippen molar-refractivity contribution in [2.24, 2.45) is 0 Å². The Kier molecular flexibility index (Phi) is 3.01. The number of nitrogens with zero attached hydrogens (tertiary/aromatic N) is 1. The first-order chi connectivity index (χ1) is 9.24. The van der Waals surface area contributed by atoms with Crippen LogP contribution in [0.3, 0.4) is 0 Å². The Morgan fingerprint density at radius 3 is 2.84 bits per heavy atom. The smallest absolute Gasteiger partial charge is 0.284 e. The Bertz CT molecular complexity index is 814. The molecular weight excluding hydrogens is 258 g/mol. The van der Waals surface area contributed by atoms with E-state index >= 15 is 0 Å². The molecule has 0 unspecified atom stereocenters. The monoisotopic (exact) mass is 269 g/mol. The van der Waals surface area contributed by atoms with Crippen LogP contribution in [0.4, 0.5) is 0 Å². The molecule has 1 aromatic carbocycles. The van der Waals surface area contributed by atoms with Crippen molar-refractivity contribution in [1.82, 2.24) is 4.98 Å². The first kappa shape index (κ1) is 11.9. The van der Waals surface area contributed by atoms with Crippen LogP contribution in [0.2, 0.25) is 0 Å². The molecule has 2 aromatic heterocycles. The molecule has 0 spiro atoms. The van der Waals surface area contributed by atoms with Crippen LogP contribution in [0.1, 0.15) is 16.3 Å². The Morgan fingerprint density at radius 1 is 1.21 bits per heavy atom. The first-order valence-corrected chi connectivity index (χ1v) is 6.74. The van der Waals surface area contributed by atoms with E-state index in [0.29, 0.717) is 16.9 Å². The number of hydrogen-bond acceptors (Lipinski definition) is 4. The van der Waals surface area contributed by atoms with Crippen LogP contribution >= 0.6 is 11.3 Å². The summed E-state index contributed by atoms with van der Waals surface area (Å²) in [4.78, 5) is 16.9. The van der Waals surface area contributed by atoms with E-state index in [9.17, 15) is 4.79 Å². The van der Waals surface area contributed by atoms with Crippen LogP contribution in [0.15, 0.2) is 44.9 Å². The molecule has 94 valence electrons. The van der Waals surface area contributed by atoms with E-state index in [-0.39, 0.29) is 5.56 Å². The Labute approximate surface area is 113 Å². The molecule has 0 aliphatic rings. The summed E-state index contributed by atoms with van der Waals surface area (Å²) in [7, 11) is 0. The highest BCUT2D eigenvalue weighted by molar-refractivity contribution is 7.11. The van der Waals surface area contributed by atoms with Crippen LogP contribution in [-0.2, 0) is 0 Å². The van der Waals surface area contributed by atoms with E-state index < -0.39 is 0 Å². The van der Waals surface area contributed by atoms with Crippen molar-refractivity contribution in [2.45, 2.75) is 6.92 Å². The van der Waals surface area contributed by atoms with Gasteiger partial charge in [-0.15, -0.1) is 11.3 Å². The van der Waals surface area contributed by atoms with Crippen molar-refractivity contribution in [3.05, 3.63) is 62.4 Å². The summed E-state index contributed by atoms with van der Waals surface area (Å²) in [5, 5.41) is 2.53. The minimum absolute atomic E-state index is 0.260. The van der Waals surface area contributed by atoms with Gasteiger partial charge in [0.2, 0.25) is 5.89 Å². The lowest BCUT2D eigenvalue weighted by Crippen LogP contribution is -2.06. The number of thiophene rings is 1. The fourth-order valence-corrected chi connectivity index (χ4v) is 2.62. The second-order valence-corrected chi connectivity index (χ2v) is 5.10. The molecule has 19 heavy (non-hydrogen) atoms. The van der Waals surface area contributed by atoms with Gasteiger partial charge in [0.15, 0.2) is 0 Å². The fraction of sp³-hybridized carbons (Fsp3) is 0.0667. The van der Waals surface area contributed by atoms with E-state index in [1.807, 2.05) is 30.5 Å². The molecule has 3 rings (SSSR count). The van der Waals surface area contributed by atoms with Gasteiger partial charge < -0.3 is 4.42 Å². The second kappa shape index (κ2) is 4.82. The van der Waals surface area contributed by atoms with Gasteiger partial charge in [0.05, 0.1) is 5.39 Å². The number of aryl methyl sites for hydroxylation is 1. The van der Waals surface area contributed by atoms with Crippen LogP contribution in [0, 0.1) is 6.92 Å². The van der Waals surface area contributed by atoms with E-state index in [1.165, 1.54) is 5.56 Å². The molecule has 0 saturated heterocycles. The molecule has 3 nitrogen and oxygen atoms in total. The number of aromatic nitrogens is 1. The van der Waals surface area contributed by atoms with Crippen molar-refractivity contribution in [3.8, 4) is 0 Å². The van der Waals surface area contributed by atoms with Gasteiger partial charge in [-0.1, -0.05) is 12.1 Å². The van der Waals surface area contributed by atoms with Crippen molar-refractivity contribution in [1.29, 1.82) is 0 Å². The molecule has 0 radical (unpaired) electrons. The maximum absolute atomic E-state index is 11.8. The molecule has 0 aliphatic carbocycles. The van der Waals surface area contributed by atoms with Gasteiger partial charge in [-0.3, -0.25) is 4.79 Å². The summed E-state index contributed by atoms with van der Waals surface area (Å²) in [5.41, 5.74) is 1.50. The lowest BCUT2D eigenvalue weighted by atomic mass is 10.2. The predicted octanol–water partition coefficient (Wildman–Crippen LogP) is 3.73. The van der Waals surface area contributed by atoms with Crippen molar-refractivity contribution in [3.63, 3.8) is 0 Å². The summed E-state index contributed by atoms with van der Waals surface area (Å²) in [6.07, 6.45) is 3.65. The number of fused-ring (bicyclic) bond motifs is 1. The maximum Gasteiger partial charge on any atom is 0.284 e. The minimum atomic E-state index is -0.260. The first-order valence-electron chi connectivity index (χ1n) is 5.86. The van der Waals surface area contributed by atoms with Gasteiger partial charge in [0.25, 0.3) is 5.56 Å². The fourth-order valence-electron chi connectivity index (χ4n) is 1.80. The molecule has 0 saturated carbocycles. The van der Waals surface area contributed by atoms with Gasteiger partial charge >= 0.3 is 0 Å².